The van der Waals surface area contributed by atoms with E-state index in [-0.39, 0.29) is 5.69 Å². The first-order chi connectivity index (χ1) is 11.4. The topological polar surface area (TPSA) is 53.6 Å². The molecule has 0 atom stereocenters. The zero-order chi connectivity index (χ0) is 17.6. The Morgan fingerprint density at radius 1 is 1.29 bits per heavy atom. The minimum Gasteiger partial charge on any atom is -0.379 e. The number of nitrogens with one attached hydrogen (secondary N) is 2. The van der Waals surface area contributed by atoms with Crippen LogP contribution in [0.1, 0.15) is 12.0 Å². The third-order valence-electron chi connectivity index (χ3n) is 3.57. The van der Waals surface area contributed by atoms with Crippen LogP contribution in [0.5, 0.6) is 0 Å². The van der Waals surface area contributed by atoms with Gasteiger partial charge in [0.1, 0.15) is 0 Å². The first kappa shape index (κ1) is 18.8. The third-order valence-corrected chi connectivity index (χ3v) is 3.90. The highest BCUT2D eigenvalue weighted by Crippen LogP contribution is 2.36. The molecule has 1 fully saturated rings. The van der Waals surface area contributed by atoms with Gasteiger partial charge in [0.05, 0.1) is 23.8 Å². The van der Waals surface area contributed by atoms with E-state index in [0.717, 1.165) is 38.2 Å². The van der Waals surface area contributed by atoms with E-state index in [2.05, 4.69) is 15.5 Å². The monoisotopic (exact) mass is 365 g/mol. The van der Waals surface area contributed by atoms with Crippen LogP contribution in [0.25, 0.3) is 0 Å². The fraction of sp³-hybridized carbons (Fsp3) is 0.533. The molecule has 1 saturated heterocycles. The Hall–Kier alpha value is -1.51. The summed E-state index contributed by atoms with van der Waals surface area (Å²) < 4.78 is 43.5. The number of ether oxygens (including phenoxy) is 1. The van der Waals surface area contributed by atoms with E-state index in [1.54, 1.807) is 0 Å². The lowest BCUT2D eigenvalue weighted by Gasteiger charge is -2.26. The summed E-state index contributed by atoms with van der Waals surface area (Å²) in [6.45, 7) is 4.44. The number of morpholine rings is 1. The number of hydrogen-bond donors (Lipinski definition) is 2. The van der Waals surface area contributed by atoms with Crippen LogP contribution in [0.2, 0.25) is 5.02 Å². The molecule has 0 unspecified atom stereocenters. The Kier molecular flexibility index (Phi) is 6.70. The molecule has 5 nitrogen and oxygen atoms in total. The number of rotatable bonds is 5. The standard InChI is InChI=1S/C15H19ClF3N3O2/c16-13-3-2-11(10-12(13)15(17,18)19)21-14(23)20-4-1-5-22-6-8-24-9-7-22/h2-3,10H,1,4-9H2,(H2,20,21,23). The Morgan fingerprint density at radius 2 is 2.00 bits per heavy atom. The van der Waals surface area contributed by atoms with E-state index in [1.165, 1.54) is 6.07 Å². The van der Waals surface area contributed by atoms with Crippen molar-refractivity contribution in [3.8, 4) is 0 Å². The summed E-state index contributed by atoms with van der Waals surface area (Å²) in [4.78, 5) is 14.0. The molecule has 0 saturated carbocycles. The molecule has 1 aromatic rings. The minimum absolute atomic E-state index is 0.0393. The van der Waals surface area contributed by atoms with Crippen LogP contribution in [-0.2, 0) is 10.9 Å². The van der Waals surface area contributed by atoms with E-state index in [0.29, 0.717) is 19.8 Å². The van der Waals surface area contributed by atoms with Gasteiger partial charge in [-0.15, -0.1) is 0 Å². The highest BCUT2D eigenvalue weighted by atomic mass is 35.5. The SMILES string of the molecule is O=C(NCCCN1CCOCC1)Nc1ccc(Cl)c(C(F)(F)F)c1. The van der Waals surface area contributed by atoms with Gasteiger partial charge < -0.3 is 15.4 Å². The summed E-state index contributed by atoms with van der Waals surface area (Å²) in [5, 5.41) is 4.60. The van der Waals surface area contributed by atoms with Crippen LogP contribution >= 0.6 is 11.6 Å². The molecule has 1 aliphatic rings. The van der Waals surface area contributed by atoms with Crippen molar-refractivity contribution in [2.24, 2.45) is 0 Å². The van der Waals surface area contributed by atoms with Crippen molar-refractivity contribution in [1.29, 1.82) is 0 Å². The number of benzene rings is 1. The molecule has 2 rings (SSSR count). The zero-order valence-electron chi connectivity index (χ0n) is 13.0. The lowest BCUT2D eigenvalue weighted by Crippen LogP contribution is -2.38. The Morgan fingerprint density at radius 3 is 2.67 bits per heavy atom. The zero-order valence-corrected chi connectivity index (χ0v) is 13.7. The number of halogens is 4. The van der Waals surface area contributed by atoms with E-state index in [4.69, 9.17) is 16.3 Å². The fourth-order valence-electron chi connectivity index (χ4n) is 2.32. The molecular weight excluding hydrogens is 347 g/mol. The first-order valence-electron chi connectivity index (χ1n) is 7.58. The maximum atomic E-state index is 12.8. The average molecular weight is 366 g/mol. The number of alkyl halides is 3. The van der Waals surface area contributed by atoms with Crippen molar-refractivity contribution in [2.45, 2.75) is 12.6 Å². The van der Waals surface area contributed by atoms with E-state index < -0.39 is 22.8 Å². The van der Waals surface area contributed by atoms with Gasteiger partial charge in [0.2, 0.25) is 0 Å². The number of nitrogens with zero attached hydrogens (tertiary/aromatic N) is 1. The molecule has 0 spiro atoms. The highest BCUT2D eigenvalue weighted by molar-refractivity contribution is 6.31. The van der Waals surface area contributed by atoms with Crippen LogP contribution in [0, 0.1) is 0 Å². The minimum atomic E-state index is -4.57. The molecule has 1 aliphatic heterocycles. The molecule has 0 radical (unpaired) electrons. The second-order valence-corrected chi connectivity index (χ2v) is 5.79. The van der Waals surface area contributed by atoms with Crippen LogP contribution in [-0.4, -0.2) is 50.3 Å². The van der Waals surface area contributed by atoms with Crippen LogP contribution < -0.4 is 10.6 Å². The fourth-order valence-corrected chi connectivity index (χ4v) is 2.55. The Labute approximate surface area is 143 Å². The van der Waals surface area contributed by atoms with Crippen LogP contribution in [0.4, 0.5) is 23.7 Å². The number of carbonyl (C=O) groups excluding carboxylic acids is 1. The molecule has 0 aromatic heterocycles. The predicted octanol–water partition coefficient (Wildman–Crippen LogP) is 3.20. The average Bonchev–Trinajstić information content (AvgIpc) is 2.53. The molecule has 134 valence electrons. The first-order valence-corrected chi connectivity index (χ1v) is 7.96. The molecule has 1 heterocycles. The van der Waals surface area contributed by atoms with Crippen molar-refractivity contribution in [3.63, 3.8) is 0 Å². The second-order valence-electron chi connectivity index (χ2n) is 5.38. The molecule has 1 aromatic carbocycles. The Bertz CT molecular complexity index is 563. The normalized spacial score (nSPS) is 16.0. The maximum absolute atomic E-state index is 12.8. The molecule has 2 amide bonds. The number of urea groups is 1. The Balaban J connectivity index is 1.76. The molecule has 0 aliphatic carbocycles. The number of hydrogen-bond acceptors (Lipinski definition) is 3. The van der Waals surface area contributed by atoms with E-state index in [9.17, 15) is 18.0 Å². The lowest BCUT2D eigenvalue weighted by atomic mass is 10.2. The summed E-state index contributed by atoms with van der Waals surface area (Å²) >= 11 is 5.53. The molecule has 2 N–H and O–H groups in total. The second kappa shape index (κ2) is 8.55. The largest absolute Gasteiger partial charge is 0.417 e. The summed E-state index contributed by atoms with van der Waals surface area (Å²) in [5.41, 5.74) is -0.938. The van der Waals surface area contributed by atoms with Gasteiger partial charge in [-0.25, -0.2) is 4.79 Å². The molecule has 24 heavy (non-hydrogen) atoms. The van der Waals surface area contributed by atoms with Crippen LogP contribution in [0.3, 0.4) is 0 Å². The smallest absolute Gasteiger partial charge is 0.379 e. The van der Waals surface area contributed by atoms with Gasteiger partial charge in [-0.05, 0) is 31.2 Å². The number of anilines is 1. The van der Waals surface area contributed by atoms with Crippen LogP contribution in [0.15, 0.2) is 18.2 Å². The predicted molar refractivity (Wildman–Crippen MR) is 85.4 cm³/mol. The van der Waals surface area contributed by atoms with E-state index in [1.807, 2.05) is 0 Å². The summed E-state index contributed by atoms with van der Waals surface area (Å²) in [6, 6.07) is 2.70. The van der Waals surface area contributed by atoms with Gasteiger partial charge in [0, 0.05) is 25.3 Å². The van der Waals surface area contributed by atoms with Crippen molar-refractivity contribution < 1.29 is 22.7 Å². The van der Waals surface area contributed by atoms with E-state index >= 15 is 0 Å². The summed E-state index contributed by atoms with van der Waals surface area (Å²) in [6.07, 6.45) is -3.81. The maximum Gasteiger partial charge on any atom is 0.417 e. The van der Waals surface area contributed by atoms with Gasteiger partial charge in [-0.1, -0.05) is 11.6 Å². The quantitative estimate of drug-likeness (QED) is 0.788. The van der Waals surface area contributed by atoms with Gasteiger partial charge in [0.15, 0.2) is 0 Å². The van der Waals surface area contributed by atoms with Gasteiger partial charge in [0.25, 0.3) is 0 Å². The van der Waals surface area contributed by atoms with Gasteiger partial charge in [-0.2, -0.15) is 13.2 Å². The molecule has 0 bridgehead atoms. The number of amides is 2. The summed E-state index contributed by atoms with van der Waals surface area (Å²) in [7, 11) is 0. The number of carbonyl (C=O) groups is 1. The molecular formula is C15H19ClF3N3O2. The van der Waals surface area contributed by atoms with Crippen molar-refractivity contribution in [3.05, 3.63) is 28.8 Å². The highest BCUT2D eigenvalue weighted by Gasteiger charge is 2.33. The van der Waals surface area contributed by atoms with Crippen molar-refractivity contribution in [1.82, 2.24) is 10.2 Å². The van der Waals surface area contributed by atoms with Gasteiger partial charge in [-0.3, -0.25) is 4.90 Å². The summed E-state index contributed by atoms with van der Waals surface area (Å²) in [5.74, 6) is 0. The van der Waals surface area contributed by atoms with Gasteiger partial charge >= 0.3 is 12.2 Å². The lowest BCUT2D eigenvalue weighted by molar-refractivity contribution is -0.137. The molecule has 9 heteroatoms. The van der Waals surface area contributed by atoms with Crippen molar-refractivity contribution in [2.75, 3.05) is 44.7 Å². The van der Waals surface area contributed by atoms with Crippen molar-refractivity contribution >= 4 is 23.3 Å². The third kappa shape index (κ3) is 5.85.